The van der Waals surface area contributed by atoms with E-state index in [1.807, 2.05) is 0 Å². The van der Waals surface area contributed by atoms with Gasteiger partial charge in [-0.05, 0) is 0 Å². The second kappa shape index (κ2) is 8.22. The van der Waals surface area contributed by atoms with Crippen molar-refractivity contribution in [2.24, 2.45) is 0 Å². The highest BCUT2D eigenvalue weighted by atomic mass is 35.5. The summed E-state index contributed by atoms with van der Waals surface area (Å²) in [6.07, 6.45) is 0. The van der Waals surface area contributed by atoms with Gasteiger partial charge in [0.15, 0.2) is 34.7 Å². The lowest BCUT2D eigenvalue weighted by molar-refractivity contribution is 0.381. The van der Waals surface area contributed by atoms with E-state index >= 15 is 0 Å². The van der Waals surface area contributed by atoms with Crippen molar-refractivity contribution in [1.29, 1.82) is 0 Å². The summed E-state index contributed by atoms with van der Waals surface area (Å²) in [6.45, 7) is 0. The highest BCUT2D eigenvalue weighted by molar-refractivity contribution is 7.79. The summed E-state index contributed by atoms with van der Waals surface area (Å²) in [5.41, 5.74) is 0. The summed E-state index contributed by atoms with van der Waals surface area (Å²) in [5, 5.41) is 0. The van der Waals surface area contributed by atoms with Gasteiger partial charge in [-0.25, -0.2) is 0 Å². The number of halogens is 1. The molecule has 0 amide bonds. The predicted octanol–water partition coefficient (Wildman–Crippen LogP) is -2.60. The molecule has 0 spiro atoms. The largest absolute Gasteiger partial charge is 0.394 e. The van der Waals surface area contributed by atoms with Gasteiger partial charge in [0, 0.05) is 0 Å². The normalized spacial score (nSPS) is 7.25. The van der Waals surface area contributed by atoms with Gasteiger partial charge in [-0.2, -0.15) is 8.42 Å². The van der Waals surface area contributed by atoms with Crippen LogP contribution in [0.1, 0.15) is 0 Å². The van der Waals surface area contributed by atoms with Crippen LogP contribution in [0.4, 0.5) is 0 Å². The Balaban J connectivity index is -0.0000000267. The van der Waals surface area contributed by atoms with Crippen LogP contribution in [0.25, 0.3) is 0 Å². The minimum Gasteiger partial charge on any atom is -0.264 e. The van der Waals surface area contributed by atoms with Gasteiger partial charge >= 0.3 is 10.4 Å². The lowest BCUT2D eigenvalue weighted by Crippen LogP contribution is -1.89. The molecule has 4 nitrogen and oxygen atoms in total. The fourth-order valence-electron chi connectivity index (χ4n) is 0. The molecule has 0 aromatic carbocycles. The van der Waals surface area contributed by atoms with Crippen molar-refractivity contribution in [3.8, 4) is 0 Å². The minimum absolute atomic E-state index is 0. The molecule has 2 N–H and O–H groups in total. The van der Waals surface area contributed by atoms with Gasteiger partial charge in [0.1, 0.15) is 0 Å². The first kappa shape index (κ1) is 22.9. The van der Waals surface area contributed by atoms with Gasteiger partial charge in [-0.15, -0.1) is 12.4 Å². The Bertz CT molecular complexity index is 97.2. The molecule has 0 heterocycles. The third-order valence-electron chi connectivity index (χ3n) is 0. The van der Waals surface area contributed by atoms with Crippen LogP contribution in [0.3, 0.4) is 0 Å². The first-order valence-corrected chi connectivity index (χ1v) is 2.10. The van der Waals surface area contributed by atoms with Crippen LogP contribution in [0.15, 0.2) is 0 Å². The molecule has 0 aliphatic rings. The molecule has 0 aliphatic heterocycles. The standard InChI is InChI=1S/2Al.ClH.H2O4S.6H/c;;;1-5(2,3)4;;;;;;/h;;1H;(H2,1,2,3,4);;;;;;. The third-order valence-corrected chi connectivity index (χ3v) is 0. The fraction of sp³-hybridized carbons (Fsp3) is 0. The van der Waals surface area contributed by atoms with Gasteiger partial charge in [0.25, 0.3) is 0 Å². The van der Waals surface area contributed by atoms with Gasteiger partial charge in [-0.3, -0.25) is 9.11 Å². The van der Waals surface area contributed by atoms with Crippen molar-refractivity contribution < 1.29 is 17.5 Å². The molecular weight excluding hydrogens is 185 g/mol. The summed E-state index contributed by atoms with van der Waals surface area (Å²) in [5.74, 6) is 0. The SMILES string of the molecule is Cl.O=S(=O)(O)O.[AlH3].[AlH3]. The third kappa shape index (κ3) is 187. The van der Waals surface area contributed by atoms with Crippen LogP contribution in [0.5, 0.6) is 0 Å². The lowest BCUT2D eigenvalue weighted by Gasteiger charge is -1.68. The summed E-state index contributed by atoms with van der Waals surface area (Å²) in [4.78, 5) is 0. The number of rotatable bonds is 0. The van der Waals surface area contributed by atoms with E-state index in [0.717, 1.165) is 0 Å². The second-order valence-electron chi connectivity index (χ2n) is 0.448. The van der Waals surface area contributed by atoms with E-state index in [4.69, 9.17) is 17.5 Å². The zero-order chi connectivity index (χ0) is 4.50. The molecule has 0 bridgehead atoms. The average Bonchev–Trinajstić information content (AvgIpc) is 0.722. The molecular formula is H9Al2ClO4S. The average molecular weight is 195 g/mol. The van der Waals surface area contributed by atoms with E-state index in [2.05, 4.69) is 0 Å². The quantitative estimate of drug-likeness (QED) is 0.328. The Morgan fingerprint density at radius 2 is 1.00 bits per heavy atom. The zero-order valence-electron chi connectivity index (χ0n) is 2.53. The molecule has 0 radical (unpaired) electrons. The van der Waals surface area contributed by atoms with Gasteiger partial charge in [0.2, 0.25) is 0 Å². The molecule has 0 unspecified atom stereocenters. The summed E-state index contributed by atoms with van der Waals surface area (Å²) >= 11 is 0. The van der Waals surface area contributed by atoms with Crippen molar-refractivity contribution in [3.63, 3.8) is 0 Å². The van der Waals surface area contributed by atoms with Crippen LogP contribution in [-0.2, 0) is 10.4 Å². The van der Waals surface area contributed by atoms with Crippen molar-refractivity contribution in [3.05, 3.63) is 0 Å². The zero-order valence-corrected chi connectivity index (χ0v) is 4.16. The van der Waals surface area contributed by atoms with E-state index in [9.17, 15) is 0 Å². The van der Waals surface area contributed by atoms with Crippen LogP contribution >= 0.6 is 12.4 Å². The smallest absolute Gasteiger partial charge is 0.264 e. The van der Waals surface area contributed by atoms with Crippen molar-refractivity contribution >= 4 is 57.5 Å². The van der Waals surface area contributed by atoms with Crippen molar-refractivity contribution in [2.45, 2.75) is 0 Å². The molecule has 0 fully saturated rings. The van der Waals surface area contributed by atoms with E-state index < -0.39 is 10.4 Å². The highest BCUT2D eigenvalue weighted by Crippen LogP contribution is 1.59. The Morgan fingerprint density at radius 1 is 1.00 bits per heavy atom. The maximum atomic E-state index is 8.74. The Hall–Kier alpha value is 1.22. The predicted molar refractivity (Wildman–Crippen MR) is 41.3 cm³/mol. The van der Waals surface area contributed by atoms with Gasteiger partial charge < -0.3 is 0 Å². The molecule has 0 saturated heterocycles. The lowest BCUT2D eigenvalue weighted by atomic mass is 15.8. The van der Waals surface area contributed by atoms with Gasteiger partial charge in [0.05, 0.1) is 0 Å². The maximum Gasteiger partial charge on any atom is 0.394 e. The summed E-state index contributed by atoms with van der Waals surface area (Å²) in [6, 6.07) is 0. The highest BCUT2D eigenvalue weighted by Gasteiger charge is 1.84. The molecule has 0 rings (SSSR count). The maximum absolute atomic E-state index is 8.74. The fourth-order valence-corrected chi connectivity index (χ4v) is 0. The van der Waals surface area contributed by atoms with E-state index in [-0.39, 0.29) is 47.1 Å². The molecule has 0 aromatic rings. The monoisotopic (exact) mass is 194 g/mol. The summed E-state index contributed by atoms with van der Waals surface area (Å²) < 4.78 is 31.6. The molecule has 0 atom stereocenters. The van der Waals surface area contributed by atoms with Crippen LogP contribution in [-0.4, -0.2) is 52.2 Å². The van der Waals surface area contributed by atoms with E-state index in [1.165, 1.54) is 0 Å². The van der Waals surface area contributed by atoms with Crippen LogP contribution in [0, 0.1) is 0 Å². The van der Waals surface area contributed by atoms with Crippen LogP contribution < -0.4 is 0 Å². The number of hydrogen-bond acceptors (Lipinski definition) is 2. The molecule has 52 valence electrons. The van der Waals surface area contributed by atoms with Crippen molar-refractivity contribution in [1.82, 2.24) is 0 Å². The Kier molecular flexibility index (Phi) is 23.5. The molecule has 0 saturated carbocycles. The second-order valence-corrected chi connectivity index (χ2v) is 1.34. The summed E-state index contributed by atoms with van der Waals surface area (Å²) in [7, 11) is -4.67. The Morgan fingerprint density at radius 3 is 1.00 bits per heavy atom. The van der Waals surface area contributed by atoms with Crippen LogP contribution in [0.2, 0.25) is 0 Å². The molecule has 8 heteroatoms. The number of hydrogen-bond donors (Lipinski definition) is 2. The Labute approximate surface area is 74.9 Å². The van der Waals surface area contributed by atoms with Gasteiger partial charge in [-0.1, -0.05) is 0 Å². The first-order chi connectivity index (χ1) is 2.00. The molecule has 0 aliphatic carbocycles. The first-order valence-electron chi connectivity index (χ1n) is 0.698. The topological polar surface area (TPSA) is 74.6 Å². The van der Waals surface area contributed by atoms with Crippen molar-refractivity contribution in [2.75, 3.05) is 0 Å². The molecule has 0 aromatic heterocycles. The van der Waals surface area contributed by atoms with E-state index in [1.54, 1.807) is 0 Å². The molecule has 8 heavy (non-hydrogen) atoms. The minimum atomic E-state index is -4.67. The van der Waals surface area contributed by atoms with E-state index in [0.29, 0.717) is 0 Å².